The molecule has 1 atom stereocenters. The predicted molar refractivity (Wildman–Crippen MR) is 84.5 cm³/mol. The molecule has 1 fully saturated rings. The van der Waals surface area contributed by atoms with Crippen LogP contribution in [0.25, 0.3) is 11.4 Å². The van der Waals surface area contributed by atoms with E-state index in [1.165, 1.54) is 0 Å². The Labute approximate surface area is 142 Å². The first-order chi connectivity index (χ1) is 11.6. The molecule has 1 amide bonds. The van der Waals surface area contributed by atoms with Crippen LogP contribution >= 0.6 is 11.3 Å². The molecule has 0 bridgehead atoms. The lowest BCUT2D eigenvalue weighted by atomic mass is 10.2. The average Bonchev–Trinajstić information content (AvgIpc) is 3.23. The summed E-state index contributed by atoms with van der Waals surface area (Å²) in [7, 11) is 0. The third-order valence-corrected chi connectivity index (χ3v) is 4.38. The molecule has 1 saturated heterocycles. The molecular weight excluding hydrogens is 334 g/mol. The summed E-state index contributed by atoms with van der Waals surface area (Å²) in [6, 6.07) is 1.90. The number of hydrogen-bond donors (Lipinski definition) is 1. The van der Waals surface area contributed by atoms with Gasteiger partial charge in [-0.2, -0.15) is 16.3 Å². The van der Waals surface area contributed by atoms with Crippen LogP contribution in [-0.2, 0) is 20.7 Å². The van der Waals surface area contributed by atoms with Gasteiger partial charge in [0, 0.05) is 36.9 Å². The van der Waals surface area contributed by atoms with Gasteiger partial charge in [0.25, 0.3) is 0 Å². The van der Waals surface area contributed by atoms with Crippen molar-refractivity contribution in [1.29, 1.82) is 0 Å². The lowest BCUT2D eigenvalue weighted by molar-refractivity contribution is -0.147. The number of thiophene rings is 1. The number of aryl methyl sites for hydroxylation is 1. The molecule has 1 unspecified atom stereocenters. The highest BCUT2D eigenvalue weighted by Crippen LogP contribution is 2.19. The van der Waals surface area contributed by atoms with Gasteiger partial charge in [-0.05, 0) is 11.4 Å². The molecule has 2 aromatic heterocycles. The first kappa shape index (κ1) is 16.6. The molecule has 2 aromatic rings. The number of carbonyl (C=O) groups is 2. The predicted octanol–water partition coefficient (Wildman–Crippen LogP) is 1.43. The van der Waals surface area contributed by atoms with E-state index in [1.54, 1.807) is 16.2 Å². The van der Waals surface area contributed by atoms with Gasteiger partial charge in [0.2, 0.25) is 17.6 Å². The van der Waals surface area contributed by atoms with Gasteiger partial charge in [-0.3, -0.25) is 9.59 Å². The van der Waals surface area contributed by atoms with E-state index in [0.29, 0.717) is 37.8 Å². The monoisotopic (exact) mass is 351 g/mol. The van der Waals surface area contributed by atoms with E-state index in [1.807, 2.05) is 16.8 Å². The van der Waals surface area contributed by atoms with Crippen LogP contribution in [0.15, 0.2) is 21.3 Å². The van der Waals surface area contributed by atoms with Gasteiger partial charge in [0.15, 0.2) is 0 Å². The molecule has 0 radical (unpaired) electrons. The lowest BCUT2D eigenvalue weighted by Crippen LogP contribution is -2.46. The van der Waals surface area contributed by atoms with Gasteiger partial charge >= 0.3 is 5.97 Å². The molecule has 0 aliphatic carbocycles. The largest absolute Gasteiger partial charge is 0.481 e. The van der Waals surface area contributed by atoms with Crippen molar-refractivity contribution >= 4 is 23.2 Å². The fraction of sp³-hybridized carbons (Fsp3) is 0.467. The average molecular weight is 351 g/mol. The maximum absolute atomic E-state index is 12.3. The van der Waals surface area contributed by atoms with E-state index in [4.69, 9.17) is 14.4 Å². The molecule has 24 heavy (non-hydrogen) atoms. The second-order valence-electron chi connectivity index (χ2n) is 5.45. The van der Waals surface area contributed by atoms with Crippen molar-refractivity contribution in [2.45, 2.75) is 25.4 Å². The number of carboxylic acids is 1. The van der Waals surface area contributed by atoms with E-state index in [2.05, 4.69) is 10.1 Å². The number of aliphatic carboxylic acids is 1. The quantitative estimate of drug-likeness (QED) is 0.839. The molecule has 0 aromatic carbocycles. The Balaban J connectivity index is 1.51. The summed E-state index contributed by atoms with van der Waals surface area (Å²) in [6.07, 6.45) is 0.0492. The van der Waals surface area contributed by atoms with E-state index in [-0.39, 0.29) is 18.7 Å². The van der Waals surface area contributed by atoms with Crippen molar-refractivity contribution in [1.82, 2.24) is 15.0 Å². The van der Waals surface area contributed by atoms with Gasteiger partial charge < -0.3 is 19.3 Å². The highest BCUT2D eigenvalue weighted by molar-refractivity contribution is 7.08. The molecule has 1 aliphatic heterocycles. The number of nitrogens with zero attached hydrogens (tertiary/aromatic N) is 3. The second kappa shape index (κ2) is 7.54. The van der Waals surface area contributed by atoms with Gasteiger partial charge in [0.05, 0.1) is 19.1 Å². The van der Waals surface area contributed by atoms with E-state index >= 15 is 0 Å². The van der Waals surface area contributed by atoms with Crippen LogP contribution in [0.2, 0.25) is 0 Å². The number of amides is 1. The highest BCUT2D eigenvalue weighted by Gasteiger charge is 2.26. The smallest absolute Gasteiger partial charge is 0.306 e. The van der Waals surface area contributed by atoms with Gasteiger partial charge in [-0.1, -0.05) is 5.16 Å². The van der Waals surface area contributed by atoms with Crippen LogP contribution in [0.4, 0.5) is 0 Å². The van der Waals surface area contributed by atoms with Gasteiger partial charge in [0.1, 0.15) is 0 Å². The molecule has 0 spiro atoms. The Bertz CT molecular complexity index is 700. The van der Waals surface area contributed by atoms with Crippen LogP contribution in [-0.4, -0.2) is 57.8 Å². The first-order valence-corrected chi connectivity index (χ1v) is 8.52. The summed E-state index contributed by atoms with van der Waals surface area (Å²) in [5.74, 6) is -0.0587. The van der Waals surface area contributed by atoms with Gasteiger partial charge in [-0.15, -0.1) is 0 Å². The molecule has 1 aliphatic rings. The standard InChI is InChI=1S/C15H17N3O5S/c19-13(18-4-5-22-11(8-18)7-14(20)21)2-1-12-16-15(17-23-12)10-3-6-24-9-10/h3,6,9,11H,1-2,4-5,7-8H2,(H,20,21). The van der Waals surface area contributed by atoms with Crippen molar-refractivity contribution in [3.8, 4) is 11.4 Å². The third kappa shape index (κ3) is 4.18. The number of hydrogen-bond acceptors (Lipinski definition) is 7. The first-order valence-electron chi connectivity index (χ1n) is 7.58. The minimum atomic E-state index is -0.930. The second-order valence-corrected chi connectivity index (χ2v) is 6.23. The molecule has 1 N–H and O–H groups in total. The Morgan fingerprint density at radius 1 is 1.46 bits per heavy atom. The maximum atomic E-state index is 12.3. The lowest BCUT2D eigenvalue weighted by Gasteiger charge is -2.32. The Morgan fingerprint density at radius 3 is 3.08 bits per heavy atom. The van der Waals surface area contributed by atoms with Crippen molar-refractivity contribution in [3.63, 3.8) is 0 Å². The minimum Gasteiger partial charge on any atom is -0.481 e. The fourth-order valence-corrected chi connectivity index (χ4v) is 3.14. The summed E-state index contributed by atoms with van der Waals surface area (Å²) in [6.45, 7) is 1.13. The van der Waals surface area contributed by atoms with Crippen molar-refractivity contribution in [3.05, 3.63) is 22.7 Å². The minimum absolute atomic E-state index is 0.0658. The third-order valence-electron chi connectivity index (χ3n) is 3.69. The normalized spacial score (nSPS) is 17.8. The highest BCUT2D eigenvalue weighted by atomic mass is 32.1. The van der Waals surface area contributed by atoms with Crippen molar-refractivity contribution < 1.29 is 24.0 Å². The van der Waals surface area contributed by atoms with Crippen LogP contribution in [0.5, 0.6) is 0 Å². The summed E-state index contributed by atoms with van der Waals surface area (Å²) in [5.41, 5.74) is 0.894. The molecule has 9 heteroatoms. The zero-order valence-corrected chi connectivity index (χ0v) is 13.7. The van der Waals surface area contributed by atoms with Crippen LogP contribution in [0, 0.1) is 0 Å². The summed E-state index contributed by atoms with van der Waals surface area (Å²) in [4.78, 5) is 28.9. The van der Waals surface area contributed by atoms with Gasteiger partial charge in [-0.25, -0.2) is 0 Å². The van der Waals surface area contributed by atoms with Crippen molar-refractivity contribution in [2.24, 2.45) is 0 Å². The SMILES string of the molecule is O=C(O)CC1CN(C(=O)CCc2nc(-c3ccsc3)no2)CCO1. The molecule has 8 nitrogen and oxygen atoms in total. The number of morpholine rings is 1. The molecular formula is C15H17N3O5S. The summed E-state index contributed by atoms with van der Waals surface area (Å²) >= 11 is 1.55. The zero-order valence-electron chi connectivity index (χ0n) is 12.9. The van der Waals surface area contributed by atoms with E-state index in [9.17, 15) is 9.59 Å². The zero-order chi connectivity index (χ0) is 16.9. The Hall–Kier alpha value is -2.26. The van der Waals surface area contributed by atoms with Crippen molar-refractivity contribution in [2.75, 3.05) is 19.7 Å². The van der Waals surface area contributed by atoms with Crippen LogP contribution < -0.4 is 0 Å². The number of carbonyl (C=O) groups excluding carboxylic acids is 1. The van der Waals surface area contributed by atoms with Crippen LogP contribution in [0.3, 0.4) is 0 Å². The van der Waals surface area contributed by atoms with E-state index in [0.717, 1.165) is 5.56 Å². The number of carboxylic acid groups (broad SMARTS) is 1. The number of rotatable bonds is 6. The molecule has 3 rings (SSSR count). The molecule has 128 valence electrons. The topological polar surface area (TPSA) is 106 Å². The van der Waals surface area contributed by atoms with Crippen LogP contribution in [0.1, 0.15) is 18.7 Å². The number of aromatic nitrogens is 2. The fourth-order valence-electron chi connectivity index (χ4n) is 2.50. The van der Waals surface area contributed by atoms with E-state index < -0.39 is 12.1 Å². The number of ether oxygens (including phenoxy) is 1. The summed E-state index contributed by atoms with van der Waals surface area (Å²) in [5, 5.41) is 16.6. The Kier molecular flexibility index (Phi) is 5.21. The maximum Gasteiger partial charge on any atom is 0.306 e. The Morgan fingerprint density at radius 2 is 2.33 bits per heavy atom. The summed E-state index contributed by atoms with van der Waals surface area (Å²) < 4.78 is 10.5. The molecule has 0 saturated carbocycles. The molecule has 3 heterocycles.